The van der Waals surface area contributed by atoms with Gasteiger partial charge in [-0.15, -0.1) is 0 Å². The minimum absolute atomic E-state index is 0.00133. The maximum atomic E-state index is 12.5. The number of aryl methyl sites for hydroxylation is 2. The van der Waals surface area contributed by atoms with Crippen molar-refractivity contribution in [3.05, 3.63) is 29.3 Å². The molecule has 122 valence electrons. The highest BCUT2D eigenvalue weighted by atomic mass is 32.2. The molecule has 0 aliphatic carbocycles. The summed E-state index contributed by atoms with van der Waals surface area (Å²) in [4.78, 5) is 12.0. The van der Waals surface area contributed by atoms with Crippen LogP contribution in [0.15, 0.2) is 23.1 Å². The fraction of sp³-hybridized carbons (Fsp3) is 0.533. The molecule has 0 atom stereocenters. The number of rotatable bonds is 5. The topological polar surface area (TPSA) is 98.5 Å². The summed E-state index contributed by atoms with van der Waals surface area (Å²) in [6, 6.07) is 5.14. The third-order valence-electron chi connectivity index (χ3n) is 4.19. The number of benzene rings is 1. The highest BCUT2D eigenvalue weighted by molar-refractivity contribution is 7.89. The van der Waals surface area contributed by atoms with Crippen molar-refractivity contribution in [2.75, 3.05) is 19.8 Å². The molecule has 1 heterocycles. The predicted molar refractivity (Wildman–Crippen MR) is 82.8 cm³/mol. The minimum atomic E-state index is -3.68. The van der Waals surface area contributed by atoms with E-state index in [1.165, 1.54) is 0 Å². The lowest BCUT2D eigenvalue weighted by Crippen LogP contribution is -2.49. The normalized spacial score (nSPS) is 18.1. The van der Waals surface area contributed by atoms with Crippen LogP contribution in [-0.4, -0.2) is 34.1 Å². The monoisotopic (exact) mass is 326 g/mol. The van der Waals surface area contributed by atoms with E-state index in [2.05, 4.69) is 4.72 Å². The van der Waals surface area contributed by atoms with E-state index < -0.39 is 21.3 Å². The van der Waals surface area contributed by atoms with Crippen molar-refractivity contribution in [2.45, 2.75) is 31.6 Å². The van der Waals surface area contributed by atoms with Gasteiger partial charge in [0, 0.05) is 19.8 Å². The highest BCUT2D eigenvalue weighted by Crippen LogP contribution is 2.30. The third-order valence-corrected chi connectivity index (χ3v) is 5.75. The van der Waals surface area contributed by atoms with Gasteiger partial charge in [-0.25, -0.2) is 13.1 Å². The Balaban J connectivity index is 2.19. The fourth-order valence-electron chi connectivity index (χ4n) is 2.68. The first-order chi connectivity index (χ1) is 10.3. The van der Waals surface area contributed by atoms with Gasteiger partial charge in [-0.3, -0.25) is 4.79 Å². The number of hydrogen-bond donors (Lipinski definition) is 2. The molecule has 3 N–H and O–H groups in total. The lowest BCUT2D eigenvalue weighted by molar-refractivity contribution is -0.132. The van der Waals surface area contributed by atoms with Crippen molar-refractivity contribution in [3.8, 4) is 0 Å². The summed E-state index contributed by atoms with van der Waals surface area (Å²) >= 11 is 0. The van der Waals surface area contributed by atoms with Gasteiger partial charge < -0.3 is 10.5 Å². The van der Waals surface area contributed by atoms with Crippen molar-refractivity contribution in [1.29, 1.82) is 0 Å². The summed E-state index contributed by atoms with van der Waals surface area (Å²) in [6.07, 6.45) is 0.857. The molecule has 0 saturated carbocycles. The number of ether oxygens (including phenoxy) is 1. The second-order valence-corrected chi connectivity index (χ2v) is 7.59. The summed E-state index contributed by atoms with van der Waals surface area (Å²) in [5, 5.41) is 0. The number of amides is 1. The van der Waals surface area contributed by atoms with E-state index in [1.807, 2.05) is 13.0 Å². The van der Waals surface area contributed by atoms with Crippen LogP contribution in [0.3, 0.4) is 0 Å². The Morgan fingerprint density at radius 1 is 1.32 bits per heavy atom. The largest absolute Gasteiger partial charge is 0.381 e. The van der Waals surface area contributed by atoms with Gasteiger partial charge in [-0.05, 0) is 38.3 Å². The molecule has 1 aliphatic heterocycles. The number of sulfonamides is 1. The predicted octanol–water partition coefficient (Wildman–Crippen LogP) is 0.864. The Kier molecular flexibility index (Phi) is 4.89. The van der Waals surface area contributed by atoms with Gasteiger partial charge in [-0.2, -0.15) is 0 Å². The van der Waals surface area contributed by atoms with E-state index in [9.17, 15) is 13.2 Å². The molecule has 2 rings (SSSR count). The van der Waals surface area contributed by atoms with Crippen LogP contribution in [-0.2, 0) is 19.6 Å². The first kappa shape index (κ1) is 16.9. The second kappa shape index (κ2) is 6.36. The molecular formula is C15H22N2O4S. The first-order valence-corrected chi connectivity index (χ1v) is 8.70. The maximum absolute atomic E-state index is 12.5. The Bertz CT molecular complexity index is 664. The van der Waals surface area contributed by atoms with Crippen LogP contribution in [0.4, 0.5) is 0 Å². The van der Waals surface area contributed by atoms with Gasteiger partial charge in [0.25, 0.3) is 0 Å². The van der Waals surface area contributed by atoms with E-state index in [4.69, 9.17) is 10.5 Å². The first-order valence-electron chi connectivity index (χ1n) is 7.21. The van der Waals surface area contributed by atoms with E-state index >= 15 is 0 Å². The SMILES string of the molecule is Cc1ccc(S(=O)(=O)NCC2(C(N)=O)CCOCC2)c(C)c1. The van der Waals surface area contributed by atoms with E-state index in [1.54, 1.807) is 19.1 Å². The molecule has 0 unspecified atom stereocenters. The second-order valence-electron chi connectivity index (χ2n) is 5.85. The standard InChI is InChI=1S/C15H22N2O4S/c1-11-3-4-13(12(2)9-11)22(19,20)17-10-15(14(16)18)5-7-21-8-6-15/h3-4,9,17H,5-8,10H2,1-2H3,(H2,16,18). The average Bonchev–Trinajstić information content (AvgIpc) is 2.45. The smallest absolute Gasteiger partial charge is 0.240 e. The summed E-state index contributed by atoms with van der Waals surface area (Å²) in [5.41, 5.74) is 6.29. The van der Waals surface area contributed by atoms with Gasteiger partial charge in [0.15, 0.2) is 0 Å². The Morgan fingerprint density at radius 3 is 2.50 bits per heavy atom. The van der Waals surface area contributed by atoms with Crippen molar-refractivity contribution in [3.63, 3.8) is 0 Å². The number of hydrogen-bond acceptors (Lipinski definition) is 4. The minimum Gasteiger partial charge on any atom is -0.381 e. The zero-order chi connectivity index (χ0) is 16.4. The van der Waals surface area contributed by atoms with Crippen LogP contribution in [0.2, 0.25) is 0 Å². The molecule has 1 saturated heterocycles. The van der Waals surface area contributed by atoms with Gasteiger partial charge in [-0.1, -0.05) is 17.7 Å². The molecule has 7 heteroatoms. The molecule has 1 aromatic rings. The Morgan fingerprint density at radius 2 is 1.95 bits per heavy atom. The third kappa shape index (κ3) is 3.48. The summed E-state index contributed by atoms with van der Waals surface area (Å²) in [6.45, 7) is 4.48. The van der Waals surface area contributed by atoms with Gasteiger partial charge >= 0.3 is 0 Å². The van der Waals surface area contributed by atoms with E-state index in [0.717, 1.165) is 5.56 Å². The fourth-order valence-corrected chi connectivity index (χ4v) is 4.04. The quantitative estimate of drug-likeness (QED) is 0.838. The summed E-state index contributed by atoms with van der Waals surface area (Å²) in [7, 11) is -3.68. The zero-order valence-electron chi connectivity index (χ0n) is 12.9. The van der Waals surface area contributed by atoms with Gasteiger partial charge in [0.05, 0.1) is 10.3 Å². The van der Waals surface area contributed by atoms with Crippen LogP contribution in [0, 0.1) is 19.3 Å². The molecular weight excluding hydrogens is 304 g/mol. The maximum Gasteiger partial charge on any atom is 0.240 e. The molecule has 1 aliphatic rings. The van der Waals surface area contributed by atoms with Crippen molar-refractivity contribution >= 4 is 15.9 Å². The lowest BCUT2D eigenvalue weighted by atomic mass is 9.80. The number of carbonyl (C=O) groups excluding carboxylic acids is 1. The van der Waals surface area contributed by atoms with E-state index in [0.29, 0.717) is 31.6 Å². The van der Waals surface area contributed by atoms with Crippen LogP contribution in [0.1, 0.15) is 24.0 Å². The Labute approximate surface area is 131 Å². The summed E-state index contributed by atoms with van der Waals surface area (Å²) in [5.74, 6) is -0.487. The average molecular weight is 326 g/mol. The number of carbonyl (C=O) groups is 1. The van der Waals surface area contributed by atoms with Crippen LogP contribution < -0.4 is 10.5 Å². The molecule has 0 aromatic heterocycles. The highest BCUT2D eigenvalue weighted by Gasteiger charge is 2.39. The van der Waals surface area contributed by atoms with Crippen LogP contribution in [0.25, 0.3) is 0 Å². The zero-order valence-corrected chi connectivity index (χ0v) is 13.7. The lowest BCUT2D eigenvalue weighted by Gasteiger charge is -2.34. The molecule has 0 spiro atoms. The van der Waals surface area contributed by atoms with Gasteiger partial charge in [0.2, 0.25) is 15.9 Å². The molecule has 0 bridgehead atoms. The van der Waals surface area contributed by atoms with Gasteiger partial charge in [0.1, 0.15) is 0 Å². The molecule has 6 nitrogen and oxygen atoms in total. The van der Waals surface area contributed by atoms with Crippen LogP contribution >= 0.6 is 0 Å². The number of nitrogens with one attached hydrogen (secondary N) is 1. The van der Waals surface area contributed by atoms with Crippen molar-refractivity contribution < 1.29 is 17.9 Å². The molecule has 22 heavy (non-hydrogen) atoms. The van der Waals surface area contributed by atoms with Crippen molar-refractivity contribution in [2.24, 2.45) is 11.1 Å². The molecule has 0 radical (unpaired) electrons. The van der Waals surface area contributed by atoms with Crippen LogP contribution in [0.5, 0.6) is 0 Å². The molecule has 1 aromatic carbocycles. The number of primary amides is 1. The van der Waals surface area contributed by atoms with E-state index in [-0.39, 0.29) is 11.4 Å². The number of nitrogens with two attached hydrogens (primary N) is 1. The summed E-state index contributed by atoms with van der Waals surface area (Å²) < 4.78 is 32.7. The molecule has 1 fully saturated rings. The molecule has 1 amide bonds. The Hall–Kier alpha value is -1.44. The van der Waals surface area contributed by atoms with Crippen molar-refractivity contribution in [1.82, 2.24) is 4.72 Å².